The third-order valence-electron chi connectivity index (χ3n) is 4.84. The second-order valence-electron chi connectivity index (χ2n) is 6.84. The van der Waals surface area contributed by atoms with E-state index in [9.17, 15) is 9.18 Å². The van der Waals surface area contributed by atoms with Crippen molar-refractivity contribution in [1.29, 1.82) is 0 Å². The Morgan fingerprint density at radius 1 is 1.21 bits per heavy atom. The van der Waals surface area contributed by atoms with E-state index in [0.29, 0.717) is 11.6 Å². The molecule has 2 aromatic rings. The van der Waals surface area contributed by atoms with Gasteiger partial charge in [-0.05, 0) is 54.8 Å². The molecule has 0 aromatic heterocycles. The lowest BCUT2D eigenvalue weighted by Crippen LogP contribution is -2.21. The topological polar surface area (TPSA) is 41.6 Å². The summed E-state index contributed by atoms with van der Waals surface area (Å²) in [6.07, 6.45) is 7.14. The molecule has 6 heteroatoms. The maximum Gasteiger partial charge on any atom is 0.248 e. The van der Waals surface area contributed by atoms with Crippen molar-refractivity contribution in [2.75, 3.05) is 29.9 Å². The van der Waals surface area contributed by atoms with Gasteiger partial charge in [-0.15, -0.1) is 0 Å². The van der Waals surface area contributed by atoms with Crippen LogP contribution in [-0.2, 0) is 4.79 Å². The van der Waals surface area contributed by atoms with Gasteiger partial charge < -0.3 is 15.0 Å². The van der Waals surface area contributed by atoms with Crippen LogP contribution in [0.4, 0.5) is 15.8 Å². The summed E-state index contributed by atoms with van der Waals surface area (Å²) in [5.41, 5.74) is 2.65. The molecule has 2 aromatic carbocycles. The van der Waals surface area contributed by atoms with Gasteiger partial charge in [-0.2, -0.15) is 0 Å². The molecular weight excluding hydrogens is 379 g/mol. The summed E-state index contributed by atoms with van der Waals surface area (Å²) < 4.78 is 20.0. The number of halogens is 2. The Morgan fingerprint density at radius 3 is 2.86 bits per heavy atom. The van der Waals surface area contributed by atoms with Crippen molar-refractivity contribution < 1.29 is 13.9 Å². The number of hydrogen-bond donors (Lipinski definition) is 1. The number of ether oxygens (including phenoxy) is 1. The number of nitrogens with one attached hydrogen (secondary N) is 1. The molecular formula is C22H20ClFN2O2. The number of rotatable bonds is 4. The number of para-hydroxylation sites is 1. The van der Waals surface area contributed by atoms with E-state index < -0.39 is 5.82 Å². The molecule has 2 aliphatic rings. The average Bonchev–Trinajstić information content (AvgIpc) is 3.22. The molecule has 0 spiro atoms. The molecule has 1 fully saturated rings. The summed E-state index contributed by atoms with van der Waals surface area (Å²) in [7, 11) is 0. The number of fused-ring (bicyclic) bond motifs is 1. The van der Waals surface area contributed by atoms with E-state index >= 15 is 0 Å². The SMILES string of the molecule is O=C(/C=C/C1=Cc2cc(Cl)ccc2OC1)Nc1c(F)cccc1N1CCCC1. The number of nitrogens with zero attached hydrogens (tertiary/aromatic N) is 1. The fourth-order valence-corrected chi connectivity index (χ4v) is 3.65. The van der Waals surface area contributed by atoms with Crippen molar-refractivity contribution in [3.8, 4) is 5.75 Å². The number of amides is 1. The lowest BCUT2D eigenvalue weighted by atomic mass is 10.1. The zero-order valence-electron chi connectivity index (χ0n) is 15.3. The average molecular weight is 399 g/mol. The largest absolute Gasteiger partial charge is 0.488 e. The first kappa shape index (κ1) is 18.6. The fourth-order valence-electron chi connectivity index (χ4n) is 3.47. The van der Waals surface area contributed by atoms with Crippen molar-refractivity contribution in [3.63, 3.8) is 0 Å². The van der Waals surface area contributed by atoms with E-state index in [-0.39, 0.29) is 11.6 Å². The Hall–Kier alpha value is -2.79. The van der Waals surface area contributed by atoms with E-state index in [0.717, 1.165) is 48.5 Å². The van der Waals surface area contributed by atoms with Crippen LogP contribution < -0.4 is 15.0 Å². The Kier molecular flexibility index (Phi) is 5.35. The Balaban J connectivity index is 1.49. The van der Waals surface area contributed by atoms with E-state index in [4.69, 9.17) is 16.3 Å². The Morgan fingerprint density at radius 2 is 2.04 bits per heavy atom. The Labute approximate surface area is 168 Å². The second kappa shape index (κ2) is 8.07. The van der Waals surface area contributed by atoms with Crippen molar-refractivity contribution in [2.45, 2.75) is 12.8 Å². The first-order valence-electron chi connectivity index (χ1n) is 9.25. The highest BCUT2D eigenvalue weighted by molar-refractivity contribution is 6.30. The molecule has 0 bridgehead atoms. The van der Waals surface area contributed by atoms with Crippen molar-refractivity contribution >= 4 is 35.0 Å². The van der Waals surface area contributed by atoms with Crippen LogP contribution >= 0.6 is 11.6 Å². The predicted octanol–water partition coefficient (Wildman–Crippen LogP) is 5.05. The quantitative estimate of drug-likeness (QED) is 0.733. The maximum atomic E-state index is 14.4. The molecule has 1 saturated heterocycles. The van der Waals surface area contributed by atoms with Crippen molar-refractivity contribution in [2.24, 2.45) is 0 Å². The van der Waals surface area contributed by atoms with E-state index in [1.54, 1.807) is 18.2 Å². The first-order valence-corrected chi connectivity index (χ1v) is 9.63. The van der Waals surface area contributed by atoms with E-state index in [1.165, 1.54) is 12.1 Å². The minimum absolute atomic E-state index is 0.227. The molecule has 0 unspecified atom stereocenters. The van der Waals surface area contributed by atoms with Crippen LogP contribution in [0.25, 0.3) is 6.08 Å². The van der Waals surface area contributed by atoms with Crippen LogP contribution in [0.1, 0.15) is 18.4 Å². The van der Waals surface area contributed by atoms with Gasteiger partial charge in [-0.1, -0.05) is 23.7 Å². The van der Waals surface area contributed by atoms with E-state index in [2.05, 4.69) is 10.2 Å². The number of carbonyl (C=O) groups excluding carboxylic acids is 1. The standard InChI is InChI=1S/C22H20ClFN2O2/c23-17-7-8-20-16(13-17)12-15(14-28-20)6-9-21(27)25-22-18(24)4-3-5-19(22)26-10-1-2-11-26/h3-9,12-13H,1-2,10-11,14H2,(H,25,27)/b9-6+. The van der Waals surface area contributed by atoms with Gasteiger partial charge >= 0.3 is 0 Å². The number of carbonyl (C=O) groups is 1. The normalized spacial score (nSPS) is 15.9. The molecule has 0 atom stereocenters. The second-order valence-corrected chi connectivity index (χ2v) is 7.28. The van der Waals surface area contributed by atoms with E-state index in [1.807, 2.05) is 24.3 Å². The lowest BCUT2D eigenvalue weighted by Gasteiger charge is -2.21. The smallest absolute Gasteiger partial charge is 0.248 e. The van der Waals surface area contributed by atoms with Crippen LogP contribution in [0.2, 0.25) is 5.02 Å². The maximum absolute atomic E-state index is 14.4. The molecule has 0 saturated carbocycles. The third kappa shape index (κ3) is 4.04. The van der Waals surface area contributed by atoms with Crippen LogP contribution in [0.3, 0.4) is 0 Å². The van der Waals surface area contributed by atoms with Gasteiger partial charge in [-0.25, -0.2) is 4.39 Å². The highest BCUT2D eigenvalue weighted by atomic mass is 35.5. The molecule has 0 radical (unpaired) electrons. The molecule has 2 heterocycles. The van der Waals surface area contributed by atoms with Gasteiger partial charge in [0, 0.05) is 29.8 Å². The number of anilines is 2. The minimum Gasteiger partial charge on any atom is -0.488 e. The zero-order valence-corrected chi connectivity index (χ0v) is 16.0. The highest BCUT2D eigenvalue weighted by Crippen LogP contribution is 2.32. The van der Waals surface area contributed by atoms with Gasteiger partial charge in [0.05, 0.1) is 5.69 Å². The number of benzene rings is 2. The molecule has 1 N–H and O–H groups in total. The molecule has 1 amide bonds. The molecule has 4 nitrogen and oxygen atoms in total. The Bertz CT molecular complexity index is 965. The first-order chi connectivity index (χ1) is 13.6. The summed E-state index contributed by atoms with van der Waals surface area (Å²) in [4.78, 5) is 14.5. The van der Waals surface area contributed by atoms with Crippen molar-refractivity contribution in [1.82, 2.24) is 0 Å². The fraction of sp³-hybridized carbons (Fsp3) is 0.227. The summed E-state index contributed by atoms with van der Waals surface area (Å²) in [6, 6.07) is 10.3. The van der Waals surface area contributed by atoms with Crippen LogP contribution in [0, 0.1) is 5.82 Å². The lowest BCUT2D eigenvalue weighted by molar-refractivity contribution is -0.111. The van der Waals surface area contributed by atoms with Gasteiger partial charge in [0.25, 0.3) is 0 Å². The number of hydrogen-bond acceptors (Lipinski definition) is 3. The monoisotopic (exact) mass is 398 g/mol. The summed E-state index contributed by atoms with van der Waals surface area (Å²) in [5.74, 6) is -0.0640. The van der Waals surface area contributed by atoms with Gasteiger partial charge in [-0.3, -0.25) is 4.79 Å². The summed E-state index contributed by atoms with van der Waals surface area (Å²) in [5, 5.41) is 3.31. The molecule has 144 valence electrons. The highest BCUT2D eigenvalue weighted by Gasteiger charge is 2.19. The molecule has 0 aliphatic carbocycles. The van der Waals surface area contributed by atoms with Crippen molar-refractivity contribution in [3.05, 3.63) is 70.5 Å². The predicted molar refractivity (Wildman–Crippen MR) is 111 cm³/mol. The molecule has 2 aliphatic heterocycles. The summed E-state index contributed by atoms with van der Waals surface area (Å²) >= 11 is 6.02. The van der Waals surface area contributed by atoms with Crippen LogP contribution in [0.5, 0.6) is 5.75 Å². The summed E-state index contributed by atoms with van der Waals surface area (Å²) in [6.45, 7) is 2.10. The van der Waals surface area contributed by atoms with Gasteiger partial charge in [0.15, 0.2) is 0 Å². The van der Waals surface area contributed by atoms with Crippen LogP contribution in [-0.4, -0.2) is 25.6 Å². The minimum atomic E-state index is -0.435. The third-order valence-corrected chi connectivity index (χ3v) is 5.08. The van der Waals surface area contributed by atoms with Crippen LogP contribution in [0.15, 0.2) is 54.1 Å². The molecule has 4 rings (SSSR count). The van der Waals surface area contributed by atoms with Gasteiger partial charge in [0.1, 0.15) is 23.9 Å². The van der Waals surface area contributed by atoms with Gasteiger partial charge in [0.2, 0.25) is 5.91 Å². The zero-order chi connectivity index (χ0) is 19.5. The molecule has 28 heavy (non-hydrogen) atoms.